The lowest BCUT2D eigenvalue weighted by molar-refractivity contribution is -0.143. The van der Waals surface area contributed by atoms with Gasteiger partial charge in [-0.15, -0.1) is 0 Å². The molecule has 0 saturated carbocycles. The minimum Gasteiger partial charge on any atom is -0.480 e. The largest absolute Gasteiger partial charge is 0.480 e. The molecular formula is C15H20FNO2. The Hall–Kier alpha value is -1.42. The van der Waals surface area contributed by atoms with Crippen LogP contribution < -0.4 is 0 Å². The zero-order valence-corrected chi connectivity index (χ0v) is 11.2. The molecule has 0 aromatic heterocycles. The Labute approximate surface area is 113 Å². The summed E-state index contributed by atoms with van der Waals surface area (Å²) in [5.41, 5.74) is 1.41. The monoisotopic (exact) mass is 265 g/mol. The molecule has 3 nitrogen and oxygen atoms in total. The Morgan fingerprint density at radius 1 is 1.26 bits per heavy atom. The van der Waals surface area contributed by atoms with Gasteiger partial charge in [0.2, 0.25) is 0 Å². The number of rotatable bonds is 3. The predicted molar refractivity (Wildman–Crippen MR) is 71.6 cm³/mol. The summed E-state index contributed by atoms with van der Waals surface area (Å²) in [6.45, 7) is 3.38. The molecule has 1 N–H and O–H groups in total. The van der Waals surface area contributed by atoms with Gasteiger partial charge >= 0.3 is 5.97 Å². The Balaban J connectivity index is 2.33. The highest BCUT2D eigenvalue weighted by Gasteiger charge is 2.29. The molecule has 1 aliphatic rings. The Morgan fingerprint density at radius 3 is 2.47 bits per heavy atom. The maximum Gasteiger partial charge on any atom is 0.325 e. The Bertz CT molecular complexity index is 453. The Kier molecular flexibility index (Phi) is 4.53. The fraction of sp³-hybridized carbons (Fsp3) is 0.533. The molecule has 0 aliphatic carbocycles. The van der Waals surface area contributed by atoms with Gasteiger partial charge in [0, 0.05) is 0 Å². The average molecular weight is 265 g/mol. The number of nitrogens with zero attached hydrogens (tertiary/aromatic N) is 1. The number of hydrogen-bond donors (Lipinski definition) is 1. The van der Waals surface area contributed by atoms with Gasteiger partial charge in [0.15, 0.2) is 0 Å². The fourth-order valence-electron chi connectivity index (χ4n) is 2.75. The van der Waals surface area contributed by atoms with Crippen molar-refractivity contribution >= 4 is 5.97 Å². The number of carboxylic acids is 1. The summed E-state index contributed by atoms with van der Waals surface area (Å²) in [6, 6.07) is 3.66. The van der Waals surface area contributed by atoms with E-state index in [-0.39, 0.29) is 5.82 Å². The highest BCUT2D eigenvalue weighted by Crippen LogP contribution is 2.27. The molecule has 0 radical (unpaired) electrons. The van der Waals surface area contributed by atoms with E-state index in [0.717, 1.165) is 44.3 Å². The van der Waals surface area contributed by atoms with Gasteiger partial charge in [-0.2, -0.15) is 0 Å². The summed E-state index contributed by atoms with van der Waals surface area (Å²) >= 11 is 0. The summed E-state index contributed by atoms with van der Waals surface area (Å²) in [5.74, 6) is -1.27. The van der Waals surface area contributed by atoms with Gasteiger partial charge in [-0.1, -0.05) is 18.9 Å². The van der Waals surface area contributed by atoms with Crippen LogP contribution in [0.2, 0.25) is 0 Å². The smallest absolute Gasteiger partial charge is 0.325 e. The second-order valence-corrected chi connectivity index (χ2v) is 5.19. The summed E-state index contributed by atoms with van der Waals surface area (Å²) in [4.78, 5) is 13.6. The lowest BCUT2D eigenvalue weighted by Crippen LogP contribution is -2.35. The van der Waals surface area contributed by atoms with Crippen LogP contribution in [-0.2, 0) is 4.79 Å². The van der Waals surface area contributed by atoms with Gasteiger partial charge in [-0.25, -0.2) is 4.39 Å². The van der Waals surface area contributed by atoms with Crippen LogP contribution in [-0.4, -0.2) is 29.1 Å². The standard InChI is InChI=1S/C15H20FNO2/c1-11-6-7-12(16)10-13(11)14(15(18)19)17-8-4-2-3-5-9-17/h6-7,10,14H,2-5,8-9H2,1H3,(H,18,19). The van der Waals surface area contributed by atoms with E-state index in [0.29, 0.717) is 5.56 Å². The first-order valence-electron chi connectivity index (χ1n) is 6.82. The average Bonchev–Trinajstić information content (AvgIpc) is 2.62. The molecule has 4 heteroatoms. The van der Waals surface area contributed by atoms with E-state index in [4.69, 9.17) is 0 Å². The van der Waals surface area contributed by atoms with Crippen molar-refractivity contribution in [2.24, 2.45) is 0 Å². The number of halogens is 1. The van der Waals surface area contributed by atoms with E-state index < -0.39 is 12.0 Å². The number of likely N-dealkylation sites (tertiary alicyclic amines) is 1. The van der Waals surface area contributed by atoms with Gasteiger partial charge in [-0.3, -0.25) is 9.69 Å². The van der Waals surface area contributed by atoms with E-state index in [1.165, 1.54) is 12.1 Å². The number of aliphatic carboxylic acids is 1. The van der Waals surface area contributed by atoms with Crippen LogP contribution in [0, 0.1) is 12.7 Å². The molecule has 1 unspecified atom stereocenters. The van der Waals surface area contributed by atoms with E-state index in [1.54, 1.807) is 6.07 Å². The molecule has 1 heterocycles. The molecule has 1 fully saturated rings. The first kappa shape index (κ1) is 14.0. The number of aryl methyl sites for hydroxylation is 1. The van der Waals surface area contributed by atoms with Crippen LogP contribution in [0.5, 0.6) is 0 Å². The van der Waals surface area contributed by atoms with Crippen LogP contribution >= 0.6 is 0 Å². The fourth-order valence-corrected chi connectivity index (χ4v) is 2.75. The zero-order chi connectivity index (χ0) is 13.8. The predicted octanol–water partition coefficient (Wildman–Crippen LogP) is 3.14. The van der Waals surface area contributed by atoms with Crippen molar-refractivity contribution in [1.82, 2.24) is 4.90 Å². The van der Waals surface area contributed by atoms with Crippen molar-refractivity contribution in [2.45, 2.75) is 38.6 Å². The lowest BCUT2D eigenvalue weighted by atomic mass is 9.99. The van der Waals surface area contributed by atoms with Gasteiger partial charge in [0.25, 0.3) is 0 Å². The molecule has 1 atom stereocenters. The van der Waals surface area contributed by atoms with Crippen molar-refractivity contribution in [3.8, 4) is 0 Å². The number of hydrogen-bond acceptors (Lipinski definition) is 2. The van der Waals surface area contributed by atoms with Gasteiger partial charge in [-0.05, 0) is 56.1 Å². The highest BCUT2D eigenvalue weighted by molar-refractivity contribution is 5.76. The first-order chi connectivity index (χ1) is 9.09. The highest BCUT2D eigenvalue weighted by atomic mass is 19.1. The lowest BCUT2D eigenvalue weighted by Gasteiger charge is -2.28. The van der Waals surface area contributed by atoms with Gasteiger partial charge in [0.1, 0.15) is 11.9 Å². The molecule has 104 valence electrons. The van der Waals surface area contributed by atoms with Gasteiger partial charge in [0.05, 0.1) is 0 Å². The third kappa shape index (κ3) is 3.32. The maximum absolute atomic E-state index is 13.4. The third-order valence-corrected chi connectivity index (χ3v) is 3.78. The van der Waals surface area contributed by atoms with Crippen molar-refractivity contribution in [1.29, 1.82) is 0 Å². The zero-order valence-electron chi connectivity index (χ0n) is 11.2. The molecule has 0 amide bonds. The minimum atomic E-state index is -0.893. The molecule has 19 heavy (non-hydrogen) atoms. The Morgan fingerprint density at radius 2 is 1.89 bits per heavy atom. The second-order valence-electron chi connectivity index (χ2n) is 5.19. The maximum atomic E-state index is 13.4. The molecule has 1 saturated heterocycles. The van der Waals surface area contributed by atoms with Crippen molar-refractivity contribution in [2.75, 3.05) is 13.1 Å². The van der Waals surface area contributed by atoms with Crippen LogP contribution in [0.15, 0.2) is 18.2 Å². The SMILES string of the molecule is Cc1ccc(F)cc1C(C(=O)O)N1CCCCCC1. The van der Waals surface area contributed by atoms with Crippen LogP contribution in [0.25, 0.3) is 0 Å². The first-order valence-corrected chi connectivity index (χ1v) is 6.82. The van der Waals surface area contributed by atoms with Crippen molar-refractivity contribution < 1.29 is 14.3 Å². The second kappa shape index (κ2) is 6.15. The van der Waals surface area contributed by atoms with Crippen LogP contribution in [0.3, 0.4) is 0 Å². The van der Waals surface area contributed by atoms with Crippen molar-refractivity contribution in [3.05, 3.63) is 35.1 Å². The number of carboxylic acid groups (broad SMARTS) is 1. The van der Waals surface area contributed by atoms with Crippen LogP contribution in [0.1, 0.15) is 42.9 Å². The molecular weight excluding hydrogens is 245 g/mol. The number of benzene rings is 1. The van der Waals surface area contributed by atoms with Crippen LogP contribution in [0.4, 0.5) is 4.39 Å². The molecule has 1 aromatic carbocycles. The molecule has 1 aliphatic heterocycles. The summed E-state index contributed by atoms with van der Waals surface area (Å²) < 4.78 is 13.4. The van der Waals surface area contributed by atoms with Gasteiger partial charge < -0.3 is 5.11 Å². The molecule has 0 spiro atoms. The van der Waals surface area contributed by atoms with E-state index in [1.807, 2.05) is 11.8 Å². The minimum absolute atomic E-state index is 0.373. The topological polar surface area (TPSA) is 40.5 Å². The molecule has 2 rings (SSSR count). The summed E-state index contributed by atoms with van der Waals surface area (Å²) in [6.07, 6.45) is 4.31. The van der Waals surface area contributed by atoms with E-state index in [2.05, 4.69) is 0 Å². The number of carbonyl (C=O) groups is 1. The van der Waals surface area contributed by atoms with Crippen molar-refractivity contribution in [3.63, 3.8) is 0 Å². The molecule has 1 aromatic rings. The van der Waals surface area contributed by atoms with E-state index in [9.17, 15) is 14.3 Å². The normalized spacial score (nSPS) is 18.8. The quantitative estimate of drug-likeness (QED) is 0.912. The molecule has 0 bridgehead atoms. The third-order valence-electron chi connectivity index (χ3n) is 3.78. The summed E-state index contributed by atoms with van der Waals surface area (Å²) in [7, 11) is 0. The van der Waals surface area contributed by atoms with E-state index >= 15 is 0 Å². The summed E-state index contributed by atoms with van der Waals surface area (Å²) in [5, 5.41) is 9.52.